The Morgan fingerprint density at radius 1 is 1.08 bits per heavy atom. The molecule has 0 aliphatic carbocycles. The van der Waals surface area contributed by atoms with Crippen LogP contribution in [0.2, 0.25) is 0 Å². The summed E-state index contributed by atoms with van der Waals surface area (Å²) in [5.74, 6) is 6.10. The number of nitrogens with zero attached hydrogens (tertiary/aromatic N) is 1. The van der Waals surface area contributed by atoms with Crippen LogP contribution < -0.4 is 9.46 Å². The van der Waals surface area contributed by atoms with E-state index in [2.05, 4.69) is 28.1 Å². The SMILES string of the molecule is C=C/C(C#Cc1ccccc1NS(=O)(=O)c1ccc(OC)c2cccnc12)=C(C)\C=C(/C)C(=O)OC. The van der Waals surface area contributed by atoms with E-state index in [0.29, 0.717) is 44.6 Å². The van der Waals surface area contributed by atoms with Gasteiger partial charge in [0.25, 0.3) is 10.0 Å². The van der Waals surface area contributed by atoms with Crippen molar-refractivity contribution in [3.05, 3.63) is 95.7 Å². The molecule has 2 aromatic carbocycles. The maximum Gasteiger partial charge on any atom is 0.333 e. The van der Waals surface area contributed by atoms with Gasteiger partial charge >= 0.3 is 5.97 Å². The average molecular weight is 503 g/mol. The van der Waals surface area contributed by atoms with Crippen LogP contribution in [-0.4, -0.2) is 33.6 Å². The molecule has 7 nitrogen and oxygen atoms in total. The van der Waals surface area contributed by atoms with E-state index < -0.39 is 16.0 Å². The van der Waals surface area contributed by atoms with Crippen LogP contribution in [0.3, 0.4) is 0 Å². The molecule has 36 heavy (non-hydrogen) atoms. The smallest absolute Gasteiger partial charge is 0.333 e. The van der Waals surface area contributed by atoms with Crippen molar-refractivity contribution in [2.45, 2.75) is 18.7 Å². The van der Waals surface area contributed by atoms with E-state index >= 15 is 0 Å². The monoisotopic (exact) mass is 502 g/mol. The molecule has 8 heteroatoms. The van der Waals surface area contributed by atoms with Gasteiger partial charge in [-0.15, -0.1) is 0 Å². The largest absolute Gasteiger partial charge is 0.496 e. The van der Waals surface area contributed by atoms with Gasteiger partial charge in [-0.05, 0) is 61.9 Å². The first kappa shape index (κ1) is 26.3. The Labute approximate surface area is 211 Å². The predicted molar refractivity (Wildman–Crippen MR) is 141 cm³/mol. The third kappa shape index (κ3) is 5.82. The molecule has 0 spiro atoms. The van der Waals surface area contributed by atoms with Crippen molar-refractivity contribution in [3.8, 4) is 17.6 Å². The Bertz CT molecular complexity index is 1560. The lowest BCUT2D eigenvalue weighted by molar-refractivity contribution is -0.136. The van der Waals surface area contributed by atoms with Crippen LogP contribution in [-0.2, 0) is 19.6 Å². The number of fused-ring (bicyclic) bond motifs is 1. The van der Waals surface area contributed by atoms with E-state index in [1.165, 1.54) is 26.5 Å². The van der Waals surface area contributed by atoms with Gasteiger partial charge in [0.05, 0.1) is 25.4 Å². The van der Waals surface area contributed by atoms with Crippen molar-refractivity contribution in [1.82, 2.24) is 4.98 Å². The fraction of sp³-hybridized carbons (Fsp3) is 0.143. The molecule has 1 aromatic heterocycles. The summed E-state index contributed by atoms with van der Waals surface area (Å²) in [7, 11) is -1.17. The number of sulfonamides is 1. The summed E-state index contributed by atoms with van der Waals surface area (Å²) < 4.78 is 39.4. The average Bonchev–Trinajstić information content (AvgIpc) is 2.88. The molecule has 0 unspecified atom stereocenters. The zero-order valence-electron chi connectivity index (χ0n) is 20.5. The fourth-order valence-electron chi connectivity index (χ4n) is 3.46. The molecule has 3 aromatic rings. The van der Waals surface area contributed by atoms with Gasteiger partial charge in [-0.1, -0.05) is 36.6 Å². The molecule has 0 atom stereocenters. The van der Waals surface area contributed by atoms with Crippen LogP contribution in [0.4, 0.5) is 5.69 Å². The first-order chi connectivity index (χ1) is 17.2. The molecule has 0 radical (unpaired) electrons. The number of allylic oxidation sites excluding steroid dienone is 4. The zero-order valence-corrected chi connectivity index (χ0v) is 21.3. The molecule has 0 fully saturated rings. The number of hydrogen-bond acceptors (Lipinski definition) is 6. The lowest BCUT2D eigenvalue weighted by Crippen LogP contribution is -2.14. The lowest BCUT2D eigenvalue weighted by atomic mass is 10.1. The summed E-state index contributed by atoms with van der Waals surface area (Å²) in [6.45, 7) is 7.24. The van der Waals surface area contributed by atoms with Gasteiger partial charge < -0.3 is 9.47 Å². The molecule has 0 saturated heterocycles. The first-order valence-corrected chi connectivity index (χ1v) is 12.4. The zero-order chi connectivity index (χ0) is 26.3. The summed E-state index contributed by atoms with van der Waals surface area (Å²) >= 11 is 0. The number of esters is 1. The second-order valence-electron chi connectivity index (χ2n) is 7.69. The molecule has 1 heterocycles. The third-order valence-corrected chi connectivity index (χ3v) is 6.67. The van der Waals surface area contributed by atoms with Gasteiger partial charge in [0.1, 0.15) is 10.6 Å². The maximum absolute atomic E-state index is 13.4. The van der Waals surface area contributed by atoms with E-state index in [1.807, 2.05) is 0 Å². The summed E-state index contributed by atoms with van der Waals surface area (Å²) in [4.78, 5) is 16.0. The minimum absolute atomic E-state index is 0.0209. The van der Waals surface area contributed by atoms with Gasteiger partial charge in [-0.3, -0.25) is 9.71 Å². The van der Waals surface area contributed by atoms with E-state index in [1.54, 1.807) is 68.5 Å². The van der Waals surface area contributed by atoms with Gasteiger partial charge in [0.2, 0.25) is 0 Å². The maximum atomic E-state index is 13.4. The summed E-state index contributed by atoms with van der Waals surface area (Å²) in [6, 6.07) is 13.3. The van der Waals surface area contributed by atoms with Crippen molar-refractivity contribution in [3.63, 3.8) is 0 Å². The number of methoxy groups -OCH3 is 2. The number of para-hydroxylation sites is 1. The van der Waals surface area contributed by atoms with E-state index in [0.717, 1.165) is 0 Å². The highest BCUT2D eigenvalue weighted by Gasteiger charge is 2.21. The molecule has 0 amide bonds. The number of rotatable bonds is 7. The summed E-state index contributed by atoms with van der Waals surface area (Å²) in [5.41, 5.74) is 2.80. The number of pyridine rings is 1. The molecular weight excluding hydrogens is 476 g/mol. The van der Waals surface area contributed by atoms with E-state index in [-0.39, 0.29) is 4.90 Å². The van der Waals surface area contributed by atoms with E-state index in [4.69, 9.17) is 9.47 Å². The third-order valence-electron chi connectivity index (χ3n) is 5.27. The second-order valence-corrected chi connectivity index (χ2v) is 9.34. The minimum Gasteiger partial charge on any atom is -0.496 e. The number of nitrogens with one attached hydrogen (secondary N) is 1. The molecular formula is C28H26N2O5S. The number of carbonyl (C=O) groups excluding carboxylic acids is 1. The van der Waals surface area contributed by atoms with E-state index in [9.17, 15) is 13.2 Å². The van der Waals surface area contributed by atoms with Crippen LogP contribution in [0.15, 0.2) is 95.1 Å². The highest BCUT2D eigenvalue weighted by Crippen LogP contribution is 2.30. The highest BCUT2D eigenvalue weighted by molar-refractivity contribution is 7.93. The molecule has 0 aliphatic rings. The lowest BCUT2D eigenvalue weighted by Gasteiger charge is -2.13. The number of aromatic nitrogens is 1. The standard InChI is InChI=1S/C28H26N2O5S/c1-6-21(19(2)18-20(3)28(31)35-5)13-14-22-10-7-8-12-24(22)30-36(32,33)26-16-15-25(34-4)23-11-9-17-29-27(23)26/h6-12,15-18,30H,1H2,2-5H3/b20-18+,21-19+. The molecule has 184 valence electrons. The van der Waals surface area contributed by atoms with Crippen LogP contribution in [0.1, 0.15) is 19.4 Å². The number of benzene rings is 2. The number of carbonyl (C=O) groups is 1. The van der Waals surface area contributed by atoms with Crippen LogP contribution in [0, 0.1) is 11.8 Å². The molecule has 3 rings (SSSR count). The molecule has 0 bridgehead atoms. The van der Waals surface area contributed by atoms with Crippen molar-refractivity contribution >= 4 is 32.6 Å². The number of hydrogen-bond donors (Lipinski definition) is 1. The Kier molecular flexibility index (Phi) is 8.30. The Balaban J connectivity index is 2.01. The number of ether oxygens (including phenoxy) is 2. The fourth-order valence-corrected chi connectivity index (χ4v) is 4.71. The van der Waals surface area contributed by atoms with Crippen LogP contribution in [0.5, 0.6) is 5.75 Å². The first-order valence-electron chi connectivity index (χ1n) is 10.9. The number of anilines is 1. The van der Waals surface area contributed by atoms with Gasteiger partial charge in [0.15, 0.2) is 0 Å². The van der Waals surface area contributed by atoms with Gasteiger partial charge in [0, 0.05) is 28.3 Å². The van der Waals surface area contributed by atoms with Crippen LogP contribution >= 0.6 is 0 Å². The normalized spacial score (nSPS) is 12.2. The minimum atomic E-state index is -4.01. The highest BCUT2D eigenvalue weighted by atomic mass is 32.2. The summed E-state index contributed by atoms with van der Waals surface area (Å²) in [5, 5.41) is 0.586. The van der Waals surface area contributed by atoms with Crippen molar-refractivity contribution < 1.29 is 22.7 Å². The Hall–Kier alpha value is -4.35. The molecule has 0 aliphatic heterocycles. The second kappa shape index (κ2) is 11.4. The van der Waals surface area contributed by atoms with Crippen molar-refractivity contribution in [2.75, 3.05) is 18.9 Å². The molecule has 0 saturated carbocycles. The quantitative estimate of drug-likeness (QED) is 0.211. The van der Waals surface area contributed by atoms with Crippen molar-refractivity contribution in [2.24, 2.45) is 0 Å². The van der Waals surface area contributed by atoms with Crippen molar-refractivity contribution in [1.29, 1.82) is 0 Å². The predicted octanol–water partition coefficient (Wildman–Crippen LogP) is 5.02. The van der Waals surface area contributed by atoms with Gasteiger partial charge in [-0.2, -0.15) is 0 Å². The Morgan fingerprint density at radius 3 is 2.53 bits per heavy atom. The van der Waals surface area contributed by atoms with Gasteiger partial charge in [-0.25, -0.2) is 13.2 Å². The van der Waals surface area contributed by atoms with Crippen LogP contribution in [0.25, 0.3) is 10.9 Å². The topological polar surface area (TPSA) is 94.6 Å². The molecule has 1 N–H and O–H groups in total. The summed E-state index contributed by atoms with van der Waals surface area (Å²) in [6.07, 6.45) is 4.77. The Morgan fingerprint density at radius 2 is 1.83 bits per heavy atom.